The molecule has 0 radical (unpaired) electrons. The fraction of sp³-hybridized carbons (Fsp3) is 0.500. The summed E-state index contributed by atoms with van der Waals surface area (Å²) in [5.74, 6) is 0.887. The molecule has 0 unspecified atom stereocenters. The molecule has 0 spiro atoms. The van der Waals surface area contributed by atoms with Crippen molar-refractivity contribution < 1.29 is 0 Å². The Morgan fingerprint density at radius 1 is 1.31 bits per heavy atom. The average Bonchev–Trinajstić information content (AvgIpc) is 3.09. The van der Waals surface area contributed by atoms with Gasteiger partial charge in [0, 0.05) is 18.3 Å². The Hall–Kier alpha value is -1.49. The zero-order valence-electron chi connectivity index (χ0n) is 9.98. The summed E-state index contributed by atoms with van der Waals surface area (Å²) in [7, 11) is 0. The van der Waals surface area contributed by atoms with Crippen molar-refractivity contribution in [1.29, 1.82) is 5.26 Å². The van der Waals surface area contributed by atoms with Crippen LogP contribution in [0.2, 0.25) is 0 Å². The molecule has 0 aliphatic heterocycles. The second-order valence-electron chi connectivity index (χ2n) is 4.85. The molecular weight excluding hydrogens is 196 g/mol. The Morgan fingerprint density at radius 3 is 2.38 bits per heavy atom. The van der Waals surface area contributed by atoms with E-state index in [9.17, 15) is 0 Å². The zero-order valence-corrected chi connectivity index (χ0v) is 9.98. The van der Waals surface area contributed by atoms with Gasteiger partial charge in [0.15, 0.2) is 0 Å². The van der Waals surface area contributed by atoms with Crippen LogP contribution >= 0.6 is 0 Å². The third-order valence-corrected chi connectivity index (χ3v) is 3.10. The summed E-state index contributed by atoms with van der Waals surface area (Å²) in [6.07, 6.45) is 2.75. The van der Waals surface area contributed by atoms with Crippen molar-refractivity contribution in [1.82, 2.24) is 0 Å². The predicted octanol–water partition coefficient (Wildman–Crippen LogP) is 3.18. The van der Waals surface area contributed by atoms with Gasteiger partial charge in [0.25, 0.3) is 0 Å². The first kappa shape index (κ1) is 11.0. The number of anilines is 1. The van der Waals surface area contributed by atoms with Gasteiger partial charge in [0.1, 0.15) is 0 Å². The molecule has 0 heterocycles. The lowest BCUT2D eigenvalue weighted by molar-refractivity contribution is 0.645. The summed E-state index contributed by atoms with van der Waals surface area (Å²) >= 11 is 0. The summed E-state index contributed by atoms with van der Waals surface area (Å²) < 4.78 is 0. The zero-order chi connectivity index (χ0) is 11.5. The quantitative estimate of drug-likeness (QED) is 0.769. The molecule has 0 saturated heterocycles. The van der Waals surface area contributed by atoms with E-state index < -0.39 is 0 Å². The molecule has 1 fully saturated rings. The van der Waals surface area contributed by atoms with E-state index in [0.717, 1.165) is 18.0 Å². The minimum absolute atomic E-state index is 0.522. The molecule has 0 N–H and O–H groups in total. The smallest absolute Gasteiger partial charge is 0.0991 e. The van der Waals surface area contributed by atoms with Crippen LogP contribution in [0.1, 0.15) is 32.3 Å². The molecular formula is C14H18N2. The van der Waals surface area contributed by atoms with E-state index in [0.29, 0.717) is 6.04 Å². The second-order valence-corrected chi connectivity index (χ2v) is 4.85. The Labute approximate surface area is 97.5 Å². The van der Waals surface area contributed by atoms with Crippen LogP contribution < -0.4 is 4.90 Å². The molecule has 1 aromatic rings. The first-order chi connectivity index (χ1) is 7.70. The van der Waals surface area contributed by atoms with Crippen molar-refractivity contribution in [2.75, 3.05) is 11.4 Å². The minimum atomic E-state index is 0.522. The molecule has 0 bridgehead atoms. The number of nitrogens with zero attached hydrogens (tertiary/aromatic N) is 2. The highest BCUT2D eigenvalue weighted by Crippen LogP contribution is 2.32. The highest BCUT2D eigenvalue weighted by Gasteiger charge is 2.25. The monoisotopic (exact) mass is 214 g/mol. The maximum Gasteiger partial charge on any atom is 0.0991 e. The van der Waals surface area contributed by atoms with Crippen molar-refractivity contribution in [2.24, 2.45) is 5.92 Å². The van der Waals surface area contributed by atoms with E-state index in [-0.39, 0.29) is 0 Å². The van der Waals surface area contributed by atoms with Crippen LogP contribution in [0.3, 0.4) is 0 Å². The Bertz CT molecular complexity index is 382. The Balaban J connectivity index is 2.13. The molecule has 0 aromatic heterocycles. The van der Waals surface area contributed by atoms with Gasteiger partial charge in [-0.15, -0.1) is 0 Å². The van der Waals surface area contributed by atoms with Gasteiger partial charge in [-0.2, -0.15) is 5.26 Å². The summed E-state index contributed by atoms with van der Waals surface area (Å²) in [6, 6.07) is 10.6. The first-order valence-electron chi connectivity index (χ1n) is 5.97. The van der Waals surface area contributed by atoms with E-state index in [1.165, 1.54) is 18.5 Å². The molecule has 1 saturated carbocycles. The van der Waals surface area contributed by atoms with Gasteiger partial charge >= 0.3 is 0 Å². The van der Waals surface area contributed by atoms with Crippen LogP contribution in [0.5, 0.6) is 0 Å². The molecule has 1 aliphatic rings. The van der Waals surface area contributed by atoms with Crippen LogP contribution in [0.15, 0.2) is 24.3 Å². The lowest BCUT2D eigenvalue weighted by Crippen LogP contribution is -2.32. The maximum atomic E-state index is 8.77. The second kappa shape index (κ2) is 4.57. The Morgan fingerprint density at radius 2 is 1.94 bits per heavy atom. The molecule has 0 atom stereocenters. The predicted molar refractivity (Wildman–Crippen MR) is 66.4 cm³/mol. The fourth-order valence-corrected chi connectivity index (χ4v) is 1.92. The Kier molecular flexibility index (Phi) is 3.14. The molecule has 0 amide bonds. The third kappa shape index (κ3) is 2.55. The highest BCUT2D eigenvalue weighted by molar-refractivity contribution is 5.50. The van der Waals surface area contributed by atoms with Gasteiger partial charge in [0.05, 0.1) is 11.6 Å². The molecule has 16 heavy (non-hydrogen) atoms. The normalized spacial score (nSPS) is 14.9. The van der Waals surface area contributed by atoms with Crippen molar-refractivity contribution in [3.05, 3.63) is 29.8 Å². The SMILES string of the molecule is CC(C)N(CC1CC1)c1ccc(C#N)cc1. The van der Waals surface area contributed by atoms with E-state index in [4.69, 9.17) is 5.26 Å². The first-order valence-corrected chi connectivity index (χ1v) is 5.97. The molecule has 1 aromatic carbocycles. The van der Waals surface area contributed by atoms with E-state index in [1.807, 2.05) is 12.1 Å². The van der Waals surface area contributed by atoms with Gasteiger partial charge in [-0.3, -0.25) is 0 Å². The van der Waals surface area contributed by atoms with Gasteiger partial charge in [-0.05, 0) is 56.9 Å². The minimum Gasteiger partial charge on any atom is -0.369 e. The standard InChI is InChI=1S/C14H18N2/c1-11(2)16(10-13-3-4-13)14-7-5-12(9-15)6-8-14/h5-8,11,13H,3-4,10H2,1-2H3. The van der Waals surface area contributed by atoms with Crippen molar-refractivity contribution >= 4 is 5.69 Å². The van der Waals surface area contributed by atoms with Crippen LogP contribution in [-0.4, -0.2) is 12.6 Å². The van der Waals surface area contributed by atoms with E-state index in [2.05, 4.69) is 36.9 Å². The number of hydrogen-bond acceptors (Lipinski definition) is 2. The topological polar surface area (TPSA) is 27.0 Å². The molecule has 2 nitrogen and oxygen atoms in total. The van der Waals surface area contributed by atoms with E-state index in [1.54, 1.807) is 0 Å². The summed E-state index contributed by atoms with van der Waals surface area (Å²) in [4.78, 5) is 2.43. The van der Waals surface area contributed by atoms with Crippen LogP contribution in [0, 0.1) is 17.2 Å². The van der Waals surface area contributed by atoms with Crippen molar-refractivity contribution in [3.8, 4) is 6.07 Å². The molecule has 2 heteroatoms. The van der Waals surface area contributed by atoms with Crippen LogP contribution in [0.25, 0.3) is 0 Å². The maximum absolute atomic E-state index is 8.77. The largest absolute Gasteiger partial charge is 0.369 e. The van der Waals surface area contributed by atoms with Crippen LogP contribution in [0.4, 0.5) is 5.69 Å². The average molecular weight is 214 g/mol. The molecule has 84 valence electrons. The summed E-state index contributed by atoms with van der Waals surface area (Å²) in [5.41, 5.74) is 1.97. The lowest BCUT2D eigenvalue weighted by Gasteiger charge is -2.29. The fourth-order valence-electron chi connectivity index (χ4n) is 1.92. The van der Waals surface area contributed by atoms with Crippen molar-refractivity contribution in [3.63, 3.8) is 0 Å². The number of rotatable bonds is 4. The number of hydrogen-bond donors (Lipinski definition) is 0. The highest BCUT2D eigenvalue weighted by atomic mass is 15.2. The summed E-state index contributed by atoms with van der Waals surface area (Å²) in [5, 5.41) is 8.77. The van der Waals surface area contributed by atoms with Gasteiger partial charge in [-0.25, -0.2) is 0 Å². The number of benzene rings is 1. The van der Waals surface area contributed by atoms with Crippen molar-refractivity contribution in [2.45, 2.75) is 32.7 Å². The van der Waals surface area contributed by atoms with E-state index >= 15 is 0 Å². The number of nitriles is 1. The third-order valence-electron chi connectivity index (χ3n) is 3.10. The molecule has 1 aliphatic carbocycles. The summed E-state index contributed by atoms with van der Waals surface area (Å²) in [6.45, 7) is 5.60. The molecule has 2 rings (SSSR count). The van der Waals surface area contributed by atoms with Gasteiger partial charge in [0.2, 0.25) is 0 Å². The van der Waals surface area contributed by atoms with Crippen LogP contribution in [-0.2, 0) is 0 Å². The van der Waals surface area contributed by atoms with Gasteiger partial charge in [-0.1, -0.05) is 0 Å². The van der Waals surface area contributed by atoms with Gasteiger partial charge < -0.3 is 4.90 Å². The lowest BCUT2D eigenvalue weighted by atomic mass is 10.1.